The van der Waals surface area contributed by atoms with Gasteiger partial charge in [0, 0.05) is 20.2 Å². The molecule has 0 heterocycles. The molecular formula is C15H20F3NO. The molecule has 0 fully saturated rings. The number of benzene rings is 1. The van der Waals surface area contributed by atoms with Crippen LogP contribution in [0.25, 0.3) is 6.08 Å². The minimum absolute atomic E-state index is 0.574. The van der Waals surface area contributed by atoms with Crippen LogP contribution in [0, 0.1) is 0 Å². The quantitative estimate of drug-likeness (QED) is 0.771. The van der Waals surface area contributed by atoms with Crippen LogP contribution >= 0.6 is 0 Å². The highest BCUT2D eigenvalue weighted by atomic mass is 19.4. The molecule has 0 saturated carbocycles. The van der Waals surface area contributed by atoms with Gasteiger partial charge in [0.05, 0.1) is 12.2 Å². The number of hydrogen-bond acceptors (Lipinski definition) is 2. The fourth-order valence-corrected chi connectivity index (χ4v) is 1.74. The van der Waals surface area contributed by atoms with Crippen LogP contribution in [0.15, 0.2) is 29.8 Å². The average molecular weight is 287 g/mol. The van der Waals surface area contributed by atoms with E-state index in [1.54, 1.807) is 19.3 Å². The summed E-state index contributed by atoms with van der Waals surface area (Å²) in [5.41, 5.74) is 1.01. The van der Waals surface area contributed by atoms with Crippen molar-refractivity contribution >= 4 is 6.08 Å². The molecule has 0 radical (unpaired) electrons. The lowest BCUT2D eigenvalue weighted by atomic mass is 10.1. The van der Waals surface area contributed by atoms with Crippen molar-refractivity contribution in [2.24, 2.45) is 0 Å². The zero-order valence-corrected chi connectivity index (χ0v) is 11.8. The monoisotopic (exact) mass is 287 g/mol. The molecule has 1 aromatic rings. The van der Waals surface area contributed by atoms with Crippen molar-refractivity contribution in [3.05, 3.63) is 41.0 Å². The van der Waals surface area contributed by atoms with Crippen LogP contribution in [0.3, 0.4) is 0 Å². The van der Waals surface area contributed by atoms with Crippen molar-refractivity contribution in [1.82, 2.24) is 5.32 Å². The van der Waals surface area contributed by atoms with Gasteiger partial charge in [-0.2, -0.15) is 13.2 Å². The van der Waals surface area contributed by atoms with Gasteiger partial charge in [0.2, 0.25) is 0 Å². The van der Waals surface area contributed by atoms with E-state index < -0.39 is 11.7 Å². The van der Waals surface area contributed by atoms with Crippen LogP contribution in [0.4, 0.5) is 13.2 Å². The van der Waals surface area contributed by atoms with Crippen LogP contribution in [0.5, 0.6) is 0 Å². The van der Waals surface area contributed by atoms with Gasteiger partial charge < -0.3 is 10.1 Å². The Morgan fingerprint density at radius 1 is 1.35 bits per heavy atom. The summed E-state index contributed by atoms with van der Waals surface area (Å²) in [7, 11) is 1.63. The summed E-state index contributed by atoms with van der Waals surface area (Å²) >= 11 is 0. The molecular weight excluding hydrogens is 267 g/mol. The standard InChI is InChI=1S/C15H20F3NO/c1-3-12(11-19-7-8-20-2)9-13-5-4-6-14(10-13)15(16,17)18/h4-6,9-10,19H,3,7-8,11H2,1-2H3. The van der Waals surface area contributed by atoms with Crippen LogP contribution in [0.2, 0.25) is 0 Å². The first-order valence-corrected chi connectivity index (χ1v) is 6.53. The maximum absolute atomic E-state index is 12.6. The molecule has 1 aromatic carbocycles. The lowest BCUT2D eigenvalue weighted by Crippen LogP contribution is -2.21. The summed E-state index contributed by atoms with van der Waals surface area (Å²) in [6, 6.07) is 5.37. The molecule has 1 N–H and O–H groups in total. The second-order valence-corrected chi connectivity index (χ2v) is 4.45. The van der Waals surface area contributed by atoms with Gasteiger partial charge in [0.15, 0.2) is 0 Å². The van der Waals surface area contributed by atoms with Crippen molar-refractivity contribution in [2.75, 3.05) is 26.8 Å². The van der Waals surface area contributed by atoms with Gasteiger partial charge in [-0.15, -0.1) is 0 Å². The molecule has 0 aliphatic rings. The van der Waals surface area contributed by atoms with Gasteiger partial charge in [-0.3, -0.25) is 0 Å². The summed E-state index contributed by atoms with van der Waals surface area (Å²) in [5.74, 6) is 0. The van der Waals surface area contributed by atoms with Crippen molar-refractivity contribution in [1.29, 1.82) is 0 Å². The SMILES string of the molecule is CCC(=Cc1cccc(C(F)(F)F)c1)CNCCOC. The van der Waals surface area contributed by atoms with Crippen LogP contribution < -0.4 is 5.32 Å². The summed E-state index contributed by atoms with van der Waals surface area (Å²) in [6.45, 7) is 3.96. The van der Waals surface area contributed by atoms with E-state index in [0.29, 0.717) is 18.7 Å². The van der Waals surface area contributed by atoms with Crippen LogP contribution in [-0.4, -0.2) is 26.8 Å². The van der Waals surface area contributed by atoms with Gasteiger partial charge >= 0.3 is 6.18 Å². The van der Waals surface area contributed by atoms with E-state index in [9.17, 15) is 13.2 Å². The van der Waals surface area contributed by atoms with E-state index in [-0.39, 0.29) is 0 Å². The van der Waals surface area contributed by atoms with Crippen molar-refractivity contribution in [3.8, 4) is 0 Å². The minimum Gasteiger partial charge on any atom is -0.383 e. The third kappa shape index (κ3) is 5.75. The maximum atomic E-state index is 12.6. The molecule has 112 valence electrons. The van der Waals surface area contributed by atoms with E-state index in [2.05, 4.69) is 5.32 Å². The molecule has 2 nitrogen and oxygen atoms in total. The third-order valence-corrected chi connectivity index (χ3v) is 2.87. The molecule has 5 heteroatoms. The normalized spacial score (nSPS) is 12.8. The summed E-state index contributed by atoms with van der Waals surface area (Å²) in [5, 5.41) is 3.19. The van der Waals surface area contributed by atoms with Gasteiger partial charge in [-0.1, -0.05) is 30.7 Å². The fourth-order valence-electron chi connectivity index (χ4n) is 1.74. The predicted octanol–water partition coefficient (Wildman–Crippen LogP) is 3.73. The number of alkyl halides is 3. The first-order valence-electron chi connectivity index (χ1n) is 6.53. The van der Waals surface area contributed by atoms with Crippen molar-refractivity contribution in [2.45, 2.75) is 19.5 Å². The molecule has 0 saturated heterocycles. The van der Waals surface area contributed by atoms with E-state index in [1.165, 1.54) is 12.1 Å². The Labute approximate surface area is 117 Å². The minimum atomic E-state index is -4.30. The molecule has 0 bridgehead atoms. The van der Waals surface area contributed by atoms with Gasteiger partial charge in [0.25, 0.3) is 0 Å². The first kappa shape index (κ1) is 16.7. The highest BCUT2D eigenvalue weighted by Crippen LogP contribution is 2.30. The van der Waals surface area contributed by atoms with E-state index in [0.717, 1.165) is 24.6 Å². The number of rotatable bonds is 7. The predicted molar refractivity (Wildman–Crippen MR) is 74.5 cm³/mol. The largest absolute Gasteiger partial charge is 0.416 e. The zero-order valence-electron chi connectivity index (χ0n) is 11.8. The van der Waals surface area contributed by atoms with Gasteiger partial charge in [-0.25, -0.2) is 0 Å². The Bertz CT molecular complexity index is 441. The van der Waals surface area contributed by atoms with E-state index in [1.807, 2.05) is 6.92 Å². The van der Waals surface area contributed by atoms with Crippen LogP contribution in [0.1, 0.15) is 24.5 Å². The summed E-state index contributed by atoms with van der Waals surface area (Å²) in [6.07, 6.45) is -1.71. The van der Waals surface area contributed by atoms with E-state index >= 15 is 0 Å². The lowest BCUT2D eigenvalue weighted by Gasteiger charge is -2.09. The molecule has 20 heavy (non-hydrogen) atoms. The zero-order chi connectivity index (χ0) is 15.0. The number of nitrogens with one attached hydrogen (secondary N) is 1. The molecule has 0 spiro atoms. The smallest absolute Gasteiger partial charge is 0.383 e. The highest BCUT2D eigenvalue weighted by Gasteiger charge is 2.30. The van der Waals surface area contributed by atoms with Gasteiger partial charge in [-0.05, 0) is 24.1 Å². The van der Waals surface area contributed by atoms with Crippen molar-refractivity contribution < 1.29 is 17.9 Å². The Balaban J connectivity index is 2.74. The Morgan fingerprint density at radius 2 is 2.10 bits per heavy atom. The average Bonchev–Trinajstić information content (AvgIpc) is 2.41. The Morgan fingerprint density at radius 3 is 2.70 bits per heavy atom. The molecule has 0 amide bonds. The first-order chi connectivity index (χ1) is 9.47. The second kappa shape index (κ2) is 8.07. The number of methoxy groups -OCH3 is 1. The fraction of sp³-hybridized carbons (Fsp3) is 0.467. The molecule has 0 atom stereocenters. The number of hydrogen-bond donors (Lipinski definition) is 1. The molecule has 0 aliphatic carbocycles. The summed E-state index contributed by atoms with van der Waals surface area (Å²) < 4.78 is 42.8. The second-order valence-electron chi connectivity index (χ2n) is 4.45. The maximum Gasteiger partial charge on any atom is 0.416 e. The summed E-state index contributed by atoms with van der Waals surface area (Å²) in [4.78, 5) is 0. The number of ether oxygens (including phenoxy) is 1. The molecule has 0 aromatic heterocycles. The molecule has 1 rings (SSSR count). The lowest BCUT2D eigenvalue weighted by molar-refractivity contribution is -0.137. The Kier molecular flexibility index (Phi) is 6.75. The highest BCUT2D eigenvalue weighted by molar-refractivity contribution is 5.54. The molecule has 0 aliphatic heterocycles. The van der Waals surface area contributed by atoms with Crippen molar-refractivity contribution in [3.63, 3.8) is 0 Å². The number of halogens is 3. The van der Waals surface area contributed by atoms with Crippen LogP contribution in [-0.2, 0) is 10.9 Å². The topological polar surface area (TPSA) is 21.3 Å². The molecule has 0 unspecified atom stereocenters. The third-order valence-electron chi connectivity index (χ3n) is 2.87. The van der Waals surface area contributed by atoms with Gasteiger partial charge in [0.1, 0.15) is 0 Å². The van der Waals surface area contributed by atoms with E-state index in [4.69, 9.17) is 4.74 Å². The Hall–Kier alpha value is -1.33.